The Kier molecular flexibility index (Phi) is 5.03. The van der Waals surface area contributed by atoms with Crippen LogP contribution in [-0.4, -0.2) is 20.5 Å². The van der Waals surface area contributed by atoms with E-state index in [1.54, 1.807) is 6.92 Å². The summed E-state index contributed by atoms with van der Waals surface area (Å²) < 4.78 is 81.1. The molecule has 23 heavy (non-hydrogen) atoms. The largest absolute Gasteiger partial charge is 0.329 e. The Hall–Kier alpha value is -1.19. The molecule has 0 aromatic heterocycles. The predicted molar refractivity (Wildman–Crippen MR) is 76.0 cm³/mol. The van der Waals surface area contributed by atoms with Crippen LogP contribution in [0.3, 0.4) is 0 Å². The lowest BCUT2D eigenvalue weighted by Gasteiger charge is -2.42. The van der Waals surface area contributed by atoms with Crippen LogP contribution in [-0.2, 0) is 10.0 Å². The highest BCUT2D eigenvalue weighted by Gasteiger charge is 2.42. The molecule has 1 aliphatic rings. The van der Waals surface area contributed by atoms with Crippen molar-refractivity contribution in [1.82, 2.24) is 4.72 Å². The lowest BCUT2D eigenvalue weighted by Crippen LogP contribution is -2.59. The SMILES string of the molecule is CC1CCCCC1(CN)NS(=O)(=O)c1c(F)c(F)cc(F)c1F. The Morgan fingerprint density at radius 3 is 2.26 bits per heavy atom. The van der Waals surface area contributed by atoms with Crippen LogP contribution < -0.4 is 10.5 Å². The fourth-order valence-corrected chi connectivity index (χ4v) is 4.71. The second-order valence-corrected chi connectivity index (χ2v) is 7.53. The number of benzene rings is 1. The van der Waals surface area contributed by atoms with Crippen molar-refractivity contribution in [2.24, 2.45) is 11.7 Å². The molecule has 0 radical (unpaired) electrons. The Morgan fingerprint density at radius 2 is 1.78 bits per heavy atom. The van der Waals surface area contributed by atoms with E-state index in [9.17, 15) is 26.0 Å². The van der Waals surface area contributed by atoms with Crippen LogP contribution in [0.25, 0.3) is 0 Å². The number of halogens is 4. The van der Waals surface area contributed by atoms with E-state index in [-0.39, 0.29) is 18.5 Å². The van der Waals surface area contributed by atoms with E-state index < -0.39 is 43.7 Å². The number of hydrogen-bond acceptors (Lipinski definition) is 3. The maximum absolute atomic E-state index is 13.8. The van der Waals surface area contributed by atoms with Crippen LogP contribution in [0.1, 0.15) is 32.6 Å². The molecule has 2 rings (SSSR count). The third-order valence-corrected chi connectivity index (χ3v) is 6.07. The molecule has 1 aromatic carbocycles. The summed E-state index contributed by atoms with van der Waals surface area (Å²) in [6.45, 7) is 1.68. The van der Waals surface area contributed by atoms with Crippen molar-refractivity contribution >= 4 is 10.0 Å². The number of nitrogens with one attached hydrogen (secondary N) is 1. The van der Waals surface area contributed by atoms with Crippen LogP contribution in [0.4, 0.5) is 17.6 Å². The van der Waals surface area contributed by atoms with Crippen LogP contribution in [0.2, 0.25) is 0 Å². The van der Waals surface area contributed by atoms with Gasteiger partial charge in [-0.2, -0.15) is 0 Å². The summed E-state index contributed by atoms with van der Waals surface area (Å²) in [5, 5.41) is 0. The average molecular weight is 354 g/mol. The van der Waals surface area contributed by atoms with Gasteiger partial charge in [0.05, 0.1) is 0 Å². The molecule has 0 heterocycles. The minimum atomic E-state index is -4.83. The van der Waals surface area contributed by atoms with Crippen molar-refractivity contribution in [3.05, 3.63) is 29.3 Å². The number of nitrogens with two attached hydrogens (primary N) is 1. The highest BCUT2D eigenvalue weighted by molar-refractivity contribution is 7.89. The first-order valence-corrected chi connectivity index (χ1v) is 8.70. The lowest BCUT2D eigenvalue weighted by molar-refractivity contribution is 0.191. The molecule has 4 nitrogen and oxygen atoms in total. The van der Waals surface area contributed by atoms with Crippen molar-refractivity contribution < 1.29 is 26.0 Å². The molecule has 3 N–H and O–H groups in total. The molecule has 1 fully saturated rings. The van der Waals surface area contributed by atoms with Gasteiger partial charge in [-0.1, -0.05) is 19.8 Å². The van der Waals surface area contributed by atoms with Crippen LogP contribution in [0.5, 0.6) is 0 Å². The van der Waals surface area contributed by atoms with E-state index in [0.29, 0.717) is 19.3 Å². The fraction of sp³-hybridized carbons (Fsp3) is 0.571. The third kappa shape index (κ3) is 3.22. The van der Waals surface area contributed by atoms with Crippen LogP contribution in [0.15, 0.2) is 11.0 Å². The maximum atomic E-state index is 13.8. The molecule has 9 heteroatoms. The van der Waals surface area contributed by atoms with Gasteiger partial charge in [0.1, 0.15) is 0 Å². The van der Waals surface area contributed by atoms with Gasteiger partial charge in [-0.3, -0.25) is 0 Å². The second-order valence-electron chi connectivity index (χ2n) is 5.91. The standard InChI is InChI=1S/C14H18F4N2O2S/c1-8-4-2-3-5-14(8,7-19)20-23(21,22)13-11(17)9(15)6-10(16)12(13)18/h6,8,20H,2-5,7,19H2,1H3. The molecular weight excluding hydrogens is 336 g/mol. The highest BCUT2D eigenvalue weighted by Crippen LogP contribution is 2.35. The normalized spacial score (nSPS) is 25.6. The van der Waals surface area contributed by atoms with Crippen molar-refractivity contribution in [1.29, 1.82) is 0 Å². The fourth-order valence-electron chi connectivity index (χ4n) is 3.02. The quantitative estimate of drug-likeness (QED) is 0.644. The van der Waals surface area contributed by atoms with E-state index in [1.165, 1.54) is 0 Å². The number of rotatable bonds is 4. The smallest absolute Gasteiger partial charge is 0.247 e. The van der Waals surface area contributed by atoms with Crippen molar-refractivity contribution in [3.8, 4) is 0 Å². The maximum Gasteiger partial charge on any atom is 0.247 e. The molecule has 1 aromatic rings. The summed E-state index contributed by atoms with van der Waals surface area (Å²) in [6.07, 6.45) is 2.63. The Morgan fingerprint density at radius 1 is 1.22 bits per heavy atom. The van der Waals surface area contributed by atoms with Crippen LogP contribution in [0, 0.1) is 29.2 Å². The van der Waals surface area contributed by atoms with Crippen molar-refractivity contribution in [2.45, 2.75) is 43.0 Å². The minimum Gasteiger partial charge on any atom is -0.329 e. The van der Waals surface area contributed by atoms with Gasteiger partial charge in [-0.15, -0.1) is 0 Å². The second kappa shape index (κ2) is 6.37. The molecule has 0 amide bonds. The molecule has 2 atom stereocenters. The molecule has 2 unspecified atom stereocenters. The number of sulfonamides is 1. The van der Waals surface area contributed by atoms with Gasteiger partial charge >= 0.3 is 0 Å². The predicted octanol–water partition coefficient (Wildman–Crippen LogP) is 2.43. The first-order chi connectivity index (χ1) is 10.6. The molecule has 0 aliphatic heterocycles. The Balaban J connectivity index is 2.51. The van der Waals surface area contributed by atoms with Gasteiger partial charge in [-0.25, -0.2) is 30.7 Å². The van der Waals surface area contributed by atoms with Gasteiger partial charge in [0.2, 0.25) is 10.0 Å². The topological polar surface area (TPSA) is 72.2 Å². The van der Waals surface area contributed by atoms with Gasteiger partial charge in [0.25, 0.3) is 0 Å². The first kappa shape index (κ1) is 18.2. The van der Waals surface area contributed by atoms with E-state index in [0.717, 1.165) is 6.42 Å². The summed E-state index contributed by atoms with van der Waals surface area (Å²) >= 11 is 0. The molecular formula is C14H18F4N2O2S. The summed E-state index contributed by atoms with van der Waals surface area (Å²) in [6, 6.07) is -0.0361. The van der Waals surface area contributed by atoms with Gasteiger partial charge in [0, 0.05) is 18.2 Å². The highest BCUT2D eigenvalue weighted by atomic mass is 32.2. The molecule has 1 aliphatic carbocycles. The summed E-state index contributed by atoms with van der Waals surface area (Å²) in [5.74, 6) is -7.63. The monoisotopic (exact) mass is 354 g/mol. The lowest BCUT2D eigenvalue weighted by atomic mass is 9.74. The molecule has 0 saturated heterocycles. The van der Waals surface area contributed by atoms with Crippen molar-refractivity contribution in [2.75, 3.05) is 6.54 Å². The summed E-state index contributed by atoms with van der Waals surface area (Å²) in [4.78, 5) is -1.65. The molecule has 1 saturated carbocycles. The zero-order chi connectivity index (χ0) is 17.4. The van der Waals surface area contributed by atoms with E-state index in [1.807, 2.05) is 0 Å². The van der Waals surface area contributed by atoms with Crippen molar-refractivity contribution in [3.63, 3.8) is 0 Å². The number of hydrogen-bond donors (Lipinski definition) is 2. The zero-order valence-corrected chi connectivity index (χ0v) is 13.3. The van der Waals surface area contributed by atoms with Crippen LogP contribution >= 0.6 is 0 Å². The zero-order valence-electron chi connectivity index (χ0n) is 12.5. The Labute approximate surface area is 132 Å². The first-order valence-electron chi connectivity index (χ1n) is 7.21. The van der Waals surface area contributed by atoms with E-state index >= 15 is 0 Å². The van der Waals surface area contributed by atoms with Gasteiger partial charge in [-0.05, 0) is 18.8 Å². The third-order valence-electron chi connectivity index (χ3n) is 4.50. The van der Waals surface area contributed by atoms with Gasteiger partial charge in [0.15, 0.2) is 28.2 Å². The minimum absolute atomic E-state index is 0.0361. The summed E-state index contributed by atoms with van der Waals surface area (Å²) in [7, 11) is -4.83. The van der Waals surface area contributed by atoms with E-state index in [4.69, 9.17) is 5.73 Å². The molecule has 130 valence electrons. The Bertz CT molecular complexity index is 685. The molecule has 0 bridgehead atoms. The summed E-state index contributed by atoms with van der Waals surface area (Å²) in [5.41, 5.74) is 4.59. The molecule has 0 spiro atoms. The average Bonchev–Trinajstić information content (AvgIpc) is 2.47. The van der Waals surface area contributed by atoms with E-state index in [2.05, 4.69) is 4.72 Å². The van der Waals surface area contributed by atoms with Gasteiger partial charge < -0.3 is 5.73 Å².